The van der Waals surface area contributed by atoms with E-state index in [2.05, 4.69) is 16.8 Å². The molecule has 0 spiro atoms. The molecule has 0 radical (unpaired) electrons. The van der Waals surface area contributed by atoms with Crippen LogP contribution in [0, 0.1) is 12.7 Å². The number of aromatic amines is 1. The molecule has 2 aromatic rings. The molecule has 1 aliphatic carbocycles. The smallest absolute Gasteiger partial charge is 0.326 e. The Morgan fingerprint density at radius 1 is 1.11 bits per heavy atom. The van der Waals surface area contributed by atoms with Crippen LogP contribution in [0.1, 0.15) is 57.1 Å². The molecule has 1 aliphatic heterocycles. The van der Waals surface area contributed by atoms with Crippen molar-refractivity contribution in [3.8, 4) is 0 Å². The molecule has 2 heterocycles. The van der Waals surface area contributed by atoms with Gasteiger partial charge in [0.15, 0.2) is 0 Å². The lowest BCUT2D eigenvalue weighted by Crippen LogP contribution is -2.45. The van der Waals surface area contributed by atoms with Crippen molar-refractivity contribution in [2.24, 2.45) is 0 Å². The van der Waals surface area contributed by atoms with Crippen molar-refractivity contribution in [3.63, 3.8) is 0 Å². The van der Waals surface area contributed by atoms with Gasteiger partial charge in [0, 0.05) is 31.8 Å². The molecule has 4 rings (SSSR count). The van der Waals surface area contributed by atoms with Crippen molar-refractivity contribution in [2.45, 2.75) is 70.6 Å². The van der Waals surface area contributed by atoms with Gasteiger partial charge in [-0.2, -0.15) is 0 Å². The third-order valence-electron chi connectivity index (χ3n) is 6.42. The molecule has 1 N–H and O–H groups in total. The largest absolute Gasteiger partial charge is 0.379 e. The number of rotatable bonds is 4. The number of nitrogens with zero attached hydrogens (tertiary/aromatic N) is 2. The Labute approximate surface area is 171 Å². The number of hydrogen-bond acceptors (Lipinski definition) is 3. The van der Waals surface area contributed by atoms with Gasteiger partial charge in [-0.25, -0.2) is 9.18 Å². The van der Waals surface area contributed by atoms with E-state index in [0.29, 0.717) is 23.2 Å². The Morgan fingerprint density at radius 3 is 2.43 bits per heavy atom. The normalized spacial score (nSPS) is 24.4. The van der Waals surface area contributed by atoms with Crippen molar-refractivity contribution < 1.29 is 9.13 Å². The lowest BCUT2D eigenvalue weighted by Gasteiger charge is -2.41. The Hall–Kier alpha value is -1.37. The average molecular weight is 412 g/mol. The molecule has 1 aromatic heterocycles. The van der Waals surface area contributed by atoms with Crippen LogP contribution in [-0.2, 0) is 4.74 Å². The summed E-state index contributed by atoms with van der Waals surface area (Å²) >= 11 is 0. The molecular formula is C21H31ClFN3O2. The number of likely N-dealkylation sites (tertiary alicyclic amines) is 1. The molecule has 7 heteroatoms. The van der Waals surface area contributed by atoms with Gasteiger partial charge >= 0.3 is 5.69 Å². The van der Waals surface area contributed by atoms with Crippen LogP contribution in [0.2, 0.25) is 0 Å². The summed E-state index contributed by atoms with van der Waals surface area (Å²) in [4.78, 5) is 17.9. The van der Waals surface area contributed by atoms with Gasteiger partial charge in [0.05, 0.1) is 17.1 Å². The number of H-pyrrole nitrogens is 1. The van der Waals surface area contributed by atoms with E-state index < -0.39 is 0 Å². The monoisotopic (exact) mass is 411 g/mol. The van der Waals surface area contributed by atoms with Gasteiger partial charge in [0.2, 0.25) is 0 Å². The first-order valence-electron chi connectivity index (χ1n) is 10.3. The zero-order chi connectivity index (χ0) is 19.0. The van der Waals surface area contributed by atoms with Crippen LogP contribution in [0.15, 0.2) is 16.9 Å². The fourth-order valence-electron chi connectivity index (χ4n) is 4.93. The SMILES string of the molecule is CCOC1CCC(N2CCC(n3c(=O)[nH]c4cc(F)c(C)cc43)CC2)CC1.Cl. The van der Waals surface area contributed by atoms with E-state index in [9.17, 15) is 9.18 Å². The number of benzene rings is 1. The number of aromatic nitrogens is 2. The summed E-state index contributed by atoms with van der Waals surface area (Å²) < 4.78 is 21.4. The Kier molecular flexibility index (Phi) is 6.84. The van der Waals surface area contributed by atoms with Crippen LogP contribution in [-0.4, -0.2) is 46.3 Å². The van der Waals surface area contributed by atoms with Crippen molar-refractivity contribution >= 4 is 23.4 Å². The maximum atomic E-state index is 13.8. The van der Waals surface area contributed by atoms with Gasteiger partial charge < -0.3 is 14.6 Å². The molecular weight excluding hydrogens is 381 g/mol. The lowest BCUT2D eigenvalue weighted by atomic mass is 9.90. The molecule has 0 bridgehead atoms. The van der Waals surface area contributed by atoms with E-state index in [4.69, 9.17) is 4.74 Å². The minimum atomic E-state index is -0.270. The fourth-order valence-corrected chi connectivity index (χ4v) is 4.93. The molecule has 1 saturated heterocycles. The molecule has 0 amide bonds. The summed E-state index contributed by atoms with van der Waals surface area (Å²) in [6, 6.07) is 4.07. The summed E-state index contributed by atoms with van der Waals surface area (Å²) in [5, 5.41) is 0. The van der Waals surface area contributed by atoms with Crippen LogP contribution in [0.5, 0.6) is 0 Å². The molecule has 156 valence electrons. The highest BCUT2D eigenvalue weighted by Gasteiger charge is 2.30. The molecule has 0 atom stereocenters. The van der Waals surface area contributed by atoms with Gasteiger partial charge in [-0.15, -0.1) is 12.4 Å². The Bertz CT molecular complexity index is 849. The number of ether oxygens (including phenoxy) is 1. The molecule has 5 nitrogen and oxygen atoms in total. The highest BCUT2D eigenvalue weighted by molar-refractivity contribution is 5.85. The van der Waals surface area contributed by atoms with Crippen LogP contribution >= 0.6 is 12.4 Å². The van der Waals surface area contributed by atoms with Crippen molar-refractivity contribution in [1.29, 1.82) is 0 Å². The van der Waals surface area contributed by atoms with Crippen LogP contribution in [0.4, 0.5) is 4.39 Å². The number of fused-ring (bicyclic) bond motifs is 1. The highest BCUT2D eigenvalue weighted by atomic mass is 35.5. The molecule has 0 unspecified atom stereocenters. The van der Waals surface area contributed by atoms with Gasteiger partial charge in [0.25, 0.3) is 0 Å². The summed E-state index contributed by atoms with van der Waals surface area (Å²) in [6.07, 6.45) is 7.11. The van der Waals surface area contributed by atoms with Crippen LogP contribution in [0.3, 0.4) is 0 Å². The number of piperidine rings is 1. The summed E-state index contributed by atoms with van der Waals surface area (Å²) in [5.74, 6) is -0.270. The summed E-state index contributed by atoms with van der Waals surface area (Å²) in [5.41, 5.74) is 1.89. The van der Waals surface area contributed by atoms with Gasteiger partial charge in [0.1, 0.15) is 5.82 Å². The third-order valence-corrected chi connectivity index (χ3v) is 6.42. The average Bonchev–Trinajstić information content (AvgIpc) is 2.98. The zero-order valence-electron chi connectivity index (χ0n) is 16.7. The first-order valence-corrected chi connectivity index (χ1v) is 10.3. The van der Waals surface area contributed by atoms with Crippen molar-refractivity contribution in [1.82, 2.24) is 14.5 Å². The standard InChI is InChI=1S/C21H30FN3O2.ClH/c1-3-27-17-6-4-15(5-7-17)24-10-8-16(9-11-24)25-20-12-14(2)18(22)13-19(20)23-21(25)26;/h12-13,15-17H,3-11H2,1-2H3,(H,23,26);1H. The first-order chi connectivity index (χ1) is 13.1. The number of aryl methyl sites for hydroxylation is 1. The number of halogens is 2. The number of nitrogens with one attached hydrogen (secondary N) is 1. The van der Waals surface area contributed by atoms with Gasteiger partial charge in [-0.1, -0.05) is 0 Å². The number of imidazole rings is 1. The first kappa shape index (κ1) is 21.3. The summed E-state index contributed by atoms with van der Waals surface area (Å²) in [7, 11) is 0. The van der Waals surface area contributed by atoms with Crippen molar-refractivity contribution in [2.75, 3.05) is 19.7 Å². The van der Waals surface area contributed by atoms with E-state index in [1.807, 2.05) is 4.57 Å². The lowest BCUT2D eigenvalue weighted by molar-refractivity contribution is 0.00796. The molecule has 28 heavy (non-hydrogen) atoms. The van der Waals surface area contributed by atoms with Crippen LogP contribution < -0.4 is 5.69 Å². The third kappa shape index (κ3) is 4.14. The minimum Gasteiger partial charge on any atom is -0.379 e. The van der Waals surface area contributed by atoms with Gasteiger partial charge in [-0.3, -0.25) is 4.57 Å². The fraction of sp³-hybridized carbons (Fsp3) is 0.667. The van der Waals surface area contributed by atoms with E-state index in [1.54, 1.807) is 13.0 Å². The molecule has 1 saturated carbocycles. The maximum Gasteiger partial charge on any atom is 0.326 e. The molecule has 1 aromatic carbocycles. The predicted octanol–water partition coefficient (Wildman–Crippen LogP) is 4.18. The van der Waals surface area contributed by atoms with E-state index >= 15 is 0 Å². The number of hydrogen-bond donors (Lipinski definition) is 1. The maximum absolute atomic E-state index is 13.8. The second-order valence-electron chi connectivity index (χ2n) is 8.07. The van der Waals surface area contributed by atoms with Gasteiger partial charge in [-0.05, 0) is 70.1 Å². The molecule has 2 fully saturated rings. The van der Waals surface area contributed by atoms with E-state index in [-0.39, 0.29) is 30.0 Å². The summed E-state index contributed by atoms with van der Waals surface area (Å²) in [6.45, 7) is 6.67. The second-order valence-corrected chi connectivity index (χ2v) is 8.07. The minimum absolute atomic E-state index is 0. The predicted molar refractivity (Wildman–Crippen MR) is 112 cm³/mol. The van der Waals surface area contributed by atoms with E-state index in [1.165, 1.54) is 18.9 Å². The quantitative estimate of drug-likeness (QED) is 0.820. The second kappa shape index (κ2) is 8.97. The molecule has 2 aliphatic rings. The van der Waals surface area contributed by atoms with Crippen LogP contribution in [0.25, 0.3) is 11.0 Å². The van der Waals surface area contributed by atoms with E-state index in [0.717, 1.165) is 50.9 Å². The highest BCUT2D eigenvalue weighted by Crippen LogP contribution is 2.31. The van der Waals surface area contributed by atoms with Crippen molar-refractivity contribution in [3.05, 3.63) is 34.0 Å². The topological polar surface area (TPSA) is 50.3 Å². The zero-order valence-corrected chi connectivity index (χ0v) is 17.6. The Balaban J connectivity index is 0.00000225. The Morgan fingerprint density at radius 2 is 1.79 bits per heavy atom.